The van der Waals surface area contributed by atoms with Gasteiger partial charge in [0.2, 0.25) is 5.91 Å². The molecular weight excluding hydrogens is 406 g/mol. The van der Waals surface area contributed by atoms with E-state index in [0.29, 0.717) is 12.5 Å². The van der Waals surface area contributed by atoms with Crippen LogP contribution in [0.15, 0.2) is 41.5 Å². The fraction of sp³-hybridized carbons (Fsp3) is 0.522. The second-order valence-corrected chi connectivity index (χ2v) is 8.13. The average Bonchev–Trinajstić information content (AvgIpc) is 3.28. The summed E-state index contributed by atoms with van der Waals surface area (Å²) in [4.78, 5) is 30.5. The minimum absolute atomic E-state index is 0.0321. The molecule has 2 N–H and O–H groups in total. The summed E-state index contributed by atoms with van der Waals surface area (Å²) in [7, 11) is 5.44. The molecule has 0 atom stereocenters. The van der Waals surface area contributed by atoms with Crippen LogP contribution in [0.5, 0.6) is 0 Å². The number of carbonyl (C=O) groups excluding carboxylic acids is 1. The maximum absolute atomic E-state index is 12.1. The molecule has 2 aromatic rings. The van der Waals surface area contributed by atoms with Crippen molar-refractivity contribution in [1.82, 2.24) is 30.0 Å². The molecule has 1 fully saturated rings. The zero-order valence-electron chi connectivity index (χ0n) is 19.4. The van der Waals surface area contributed by atoms with Crippen molar-refractivity contribution in [2.24, 2.45) is 4.99 Å². The van der Waals surface area contributed by atoms with Crippen molar-refractivity contribution < 1.29 is 9.53 Å². The van der Waals surface area contributed by atoms with Crippen LogP contribution in [0.3, 0.4) is 0 Å². The number of nitrogens with zero attached hydrogens (tertiary/aromatic N) is 5. The average molecular weight is 442 g/mol. The topological polar surface area (TPSA) is 89.1 Å². The van der Waals surface area contributed by atoms with E-state index in [1.165, 1.54) is 0 Å². The fourth-order valence-corrected chi connectivity index (χ4v) is 3.43. The molecule has 9 heteroatoms. The number of carbonyl (C=O) groups is 1. The highest BCUT2D eigenvalue weighted by atomic mass is 16.5. The minimum Gasteiger partial charge on any atom is -0.379 e. The first kappa shape index (κ1) is 23.7. The Morgan fingerprint density at radius 1 is 1.22 bits per heavy atom. The second kappa shape index (κ2) is 12.2. The standard InChI is InChI=1S/C23H35N7O2/c1-28(2)22(31)17-26-23(24-10-7-11-30-12-14-32-15-13-30)29(3)18-21-25-16-20(27-21)19-8-5-4-6-9-19/h4-6,8-9,16H,7,10-15,17-18H2,1-3H3,(H,24,26)(H,25,27). The van der Waals surface area contributed by atoms with E-state index >= 15 is 0 Å². The number of benzene rings is 1. The van der Waals surface area contributed by atoms with Crippen molar-refractivity contribution in [1.29, 1.82) is 0 Å². The lowest BCUT2D eigenvalue weighted by Crippen LogP contribution is -2.42. The third-order valence-corrected chi connectivity index (χ3v) is 5.36. The molecule has 0 saturated carbocycles. The first-order valence-corrected chi connectivity index (χ1v) is 11.1. The zero-order valence-corrected chi connectivity index (χ0v) is 19.4. The lowest BCUT2D eigenvalue weighted by atomic mass is 10.2. The number of ether oxygens (including phenoxy) is 1. The summed E-state index contributed by atoms with van der Waals surface area (Å²) in [6.45, 7) is 6.05. The van der Waals surface area contributed by atoms with E-state index in [4.69, 9.17) is 4.74 Å². The number of imidazole rings is 1. The van der Waals surface area contributed by atoms with Gasteiger partial charge in [0, 0.05) is 40.8 Å². The monoisotopic (exact) mass is 441 g/mol. The molecule has 1 aliphatic rings. The van der Waals surface area contributed by atoms with E-state index in [1.54, 1.807) is 19.0 Å². The summed E-state index contributed by atoms with van der Waals surface area (Å²) in [5.74, 6) is 1.50. The van der Waals surface area contributed by atoms with Gasteiger partial charge in [0.25, 0.3) is 0 Å². The van der Waals surface area contributed by atoms with Crippen molar-refractivity contribution in [2.75, 3.05) is 67.1 Å². The molecule has 32 heavy (non-hydrogen) atoms. The van der Waals surface area contributed by atoms with Gasteiger partial charge < -0.3 is 24.8 Å². The molecule has 9 nitrogen and oxygen atoms in total. The highest BCUT2D eigenvalue weighted by Gasteiger charge is 2.13. The number of guanidine groups is 1. The number of aromatic amines is 1. The van der Waals surface area contributed by atoms with E-state index in [2.05, 4.69) is 37.3 Å². The van der Waals surface area contributed by atoms with Crippen LogP contribution in [0.1, 0.15) is 12.2 Å². The van der Waals surface area contributed by atoms with E-state index in [9.17, 15) is 4.79 Å². The number of hydrogen-bond donors (Lipinski definition) is 2. The van der Waals surface area contributed by atoms with Gasteiger partial charge in [-0.05, 0) is 18.5 Å². The Balaban J connectivity index is 1.58. The van der Waals surface area contributed by atoms with Crippen LogP contribution in [0.4, 0.5) is 0 Å². The van der Waals surface area contributed by atoms with Gasteiger partial charge in [-0.2, -0.15) is 0 Å². The summed E-state index contributed by atoms with van der Waals surface area (Å²) in [5, 5.41) is 3.42. The van der Waals surface area contributed by atoms with Crippen LogP contribution in [-0.4, -0.2) is 104 Å². The normalized spacial score (nSPS) is 14.9. The SMILES string of the molecule is CN(C)C(=O)CN=C(NCCCN1CCOCC1)N(C)Cc1ncc(-c2ccccc2)[nH]1. The Bertz CT molecular complexity index is 860. The molecular formula is C23H35N7O2. The molecule has 174 valence electrons. The van der Waals surface area contributed by atoms with Crippen LogP contribution < -0.4 is 5.32 Å². The van der Waals surface area contributed by atoms with Gasteiger partial charge in [0.1, 0.15) is 12.4 Å². The third kappa shape index (κ3) is 7.35. The van der Waals surface area contributed by atoms with E-state index in [-0.39, 0.29) is 12.5 Å². The summed E-state index contributed by atoms with van der Waals surface area (Å²) in [6, 6.07) is 10.1. The Morgan fingerprint density at radius 2 is 1.97 bits per heavy atom. The quantitative estimate of drug-likeness (QED) is 0.346. The van der Waals surface area contributed by atoms with Gasteiger partial charge in [-0.3, -0.25) is 9.69 Å². The van der Waals surface area contributed by atoms with Gasteiger partial charge in [0.05, 0.1) is 31.6 Å². The van der Waals surface area contributed by atoms with Crippen molar-refractivity contribution in [3.8, 4) is 11.3 Å². The predicted octanol–water partition coefficient (Wildman–Crippen LogP) is 1.26. The molecule has 1 aromatic heterocycles. The number of amides is 1. The van der Waals surface area contributed by atoms with E-state index in [1.807, 2.05) is 36.3 Å². The molecule has 0 radical (unpaired) electrons. The maximum Gasteiger partial charge on any atom is 0.243 e. The molecule has 0 aliphatic carbocycles. The number of H-pyrrole nitrogens is 1. The van der Waals surface area contributed by atoms with Crippen LogP contribution >= 0.6 is 0 Å². The number of rotatable bonds is 9. The Kier molecular flexibility index (Phi) is 9.06. The predicted molar refractivity (Wildman–Crippen MR) is 126 cm³/mol. The maximum atomic E-state index is 12.1. The number of aliphatic imine (C=N–C) groups is 1. The Labute approximate surface area is 190 Å². The Morgan fingerprint density at radius 3 is 2.69 bits per heavy atom. The van der Waals surface area contributed by atoms with Crippen molar-refractivity contribution in [3.63, 3.8) is 0 Å². The first-order chi connectivity index (χ1) is 15.5. The van der Waals surface area contributed by atoms with Crippen LogP contribution in [0, 0.1) is 0 Å². The molecule has 0 unspecified atom stereocenters. The van der Waals surface area contributed by atoms with Gasteiger partial charge in [-0.1, -0.05) is 30.3 Å². The van der Waals surface area contributed by atoms with Crippen molar-refractivity contribution in [2.45, 2.75) is 13.0 Å². The Hall–Kier alpha value is -2.91. The molecule has 0 spiro atoms. The van der Waals surface area contributed by atoms with Crippen LogP contribution in [0.2, 0.25) is 0 Å². The third-order valence-electron chi connectivity index (χ3n) is 5.36. The molecule has 1 aliphatic heterocycles. The number of hydrogen-bond acceptors (Lipinski definition) is 5. The van der Waals surface area contributed by atoms with Gasteiger partial charge in [-0.25, -0.2) is 9.98 Å². The first-order valence-electron chi connectivity index (χ1n) is 11.1. The van der Waals surface area contributed by atoms with E-state index < -0.39 is 0 Å². The summed E-state index contributed by atoms with van der Waals surface area (Å²) >= 11 is 0. The van der Waals surface area contributed by atoms with E-state index in [0.717, 1.165) is 62.9 Å². The molecule has 1 amide bonds. The smallest absolute Gasteiger partial charge is 0.243 e. The number of morpholine rings is 1. The molecule has 3 rings (SSSR count). The minimum atomic E-state index is -0.0321. The molecule has 0 bridgehead atoms. The summed E-state index contributed by atoms with van der Waals surface area (Å²) < 4.78 is 5.41. The number of nitrogens with one attached hydrogen (secondary N) is 2. The fourth-order valence-electron chi connectivity index (χ4n) is 3.43. The zero-order chi connectivity index (χ0) is 22.8. The molecule has 1 aromatic carbocycles. The van der Waals surface area contributed by atoms with Crippen LogP contribution in [-0.2, 0) is 16.1 Å². The largest absolute Gasteiger partial charge is 0.379 e. The molecule has 1 saturated heterocycles. The number of aromatic nitrogens is 2. The highest BCUT2D eigenvalue weighted by Crippen LogP contribution is 2.16. The number of likely N-dealkylation sites (N-methyl/N-ethyl adjacent to an activating group) is 1. The van der Waals surface area contributed by atoms with Crippen molar-refractivity contribution >= 4 is 11.9 Å². The summed E-state index contributed by atoms with van der Waals surface area (Å²) in [5.41, 5.74) is 2.08. The molecule has 2 heterocycles. The van der Waals surface area contributed by atoms with Crippen molar-refractivity contribution in [3.05, 3.63) is 42.4 Å². The summed E-state index contributed by atoms with van der Waals surface area (Å²) in [6.07, 6.45) is 2.84. The lowest BCUT2D eigenvalue weighted by Gasteiger charge is -2.27. The second-order valence-electron chi connectivity index (χ2n) is 8.13. The van der Waals surface area contributed by atoms with Gasteiger partial charge in [0.15, 0.2) is 5.96 Å². The van der Waals surface area contributed by atoms with Crippen LogP contribution in [0.25, 0.3) is 11.3 Å². The van der Waals surface area contributed by atoms with Gasteiger partial charge >= 0.3 is 0 Å². The highest BCUT2D eigenvalue weighted by molar-refractivity contribution is 5.84. The lowest BCUT2D eigenvalue weighted by molar-refractivity contribution is -0.127. The van der Waals surface area contributed by atoms with Gasteiger partial charge in [-0.15, -0.1) is 0 Å².